The Morgan fingerprint density at radius 2 is 1.75 bits per heavy atom. The zero-order chi connectivity index (χ0) is 11.9. The molecular weight excluding hydrogens is 200 g/mol. The highest BCUT2D eigenvalue weighted by Crippen LogP contribution is 2.35. The summed E-state index contributed by atoms with van der Waals surface area (Å²) in [4.78, 5) is 16.2. The number of fused-ring (bicyclic) bond motifs is 2. The first-order chi connectivity index (χ1) is 7.43. The maximum Gasteiger partial charge on any atom is 0.246 e. The van der Waals surface area contributed by atoms with E-state index in [1.54, 1.807) is 0 Å². The van der Waals surface area contributed by atoms with Gasteiger partial charge in [0.2, 0.25) is 5.91 Å². The number of hydrogen-bond acceptors (Lipinski definition) is 2. The maximum atomic E-state index is 11.6. The van der Waals surface area contributed by atoms with Gasteiger partial charge in [0.1, 0.15) is 0 Å². The van der Waals surface area contributed by atoms with Gasteiger partial charge in [-0.3, -0.25) is 9.69 Å². The normalized spacial score (nSPS) is 30.6. The summed E-state index contributed by atoms with van der Waals surface area (Å²) in [5.41, 5.74) is 0.217. The molecule has 0 saturated carbocycles. The molecule has 2 aliphatic heterocycles. The fraction of sp³-hybridized carbons (Fsp3) is 0.769. The highest BCUT2D eigenvalue weighted by atomic mass is 16.2. The van der Waals surface area contributed by atoms with Gasteiger partial charge in [-0.2, -0.15) is 0 Å². The molecule has 3 nitrogen and oxygen atoms in total. The zero-order valence-electron chi connectivity index (χ0n) is 10.6. The predicted octanol–water partition coefficient (Wildman–Crippen LogP) is 1.65. The van der Waals surface area contributed by atoms with E-state index in [0.29, 0.717) is 12.1 Å². The van der Waals surface area contributed by atoms with E-state index in [9.17, 15) is 4.79 Å². The number of carbonyl (C=O) groups excluding carboxylic acids is 1. The van der Waals surface area contributed by atoms with Crippen LogP contribution in [0.4, 0.5) is 0 Å². The van der Waals surface area contributed by atoms with E-state index in [2.05, 4.69) is 32.3 Å². The van der Waals surface area contributed by atoms with Crippen LogP contribution >= 0.6 is 0 Å². The van der Waals surface area contributed by atoms with Gasteiger partial charge in [0.15, 0.2) is 0 Å². The number of amides is 1. The second-order valence-electron chi connectivity index (χ2n) is 5.91. The summed E-state index contributed by atoms with van der Waals surface area (Å²) in [6.45, 7) is 12.1. The molecule has 90 valence electrons. The predicted molar refractivity (Wildman–Crippen MR) is 65.2 cm³/mol. The van der Waals surface area contributed by atoms with Crippen LogP contribution in [0.2, 0.25) is 0 Å². The molecule has 0 aromatic rings. The van der Waals surface area contributed by atoms with Crippen LogP contribution in [0.1, 0.15) is 33.6 Å². The summed E-state index contributed by atoms with van der Waals surface area (Å²) in [6, 6.07) is 1.09. The first kappa shape index (κ1) is 11.6. The first-order valence-electron chi connectivity index (χ1n) is 6.13. The molecule has 2 aliphatic rings. The summed E-state index contributed by atoms with van der Waals surface area (Å²) in [5.74, 6) is 0.0884. The summed E-state index contributed by atoms with van der Waals surface area (Å²) in [6.07, 6.45) is 3.89. The van der Waals surface area contributed by atoms with Crippen molar-refractivity contribution in [2.75, 3.05) is 13.1 Å². The van der Waals surface area contributed by atoms with Crippen molar-refractivity contribution in [3.05, 3.63) is 12.7 Å². The molecule has 2 fully saturated rings. The number of rotatable bonds is 1. The number of nitrogens with zero attached hydrogens (tertiary/aromatic N) is 2. The molecule has 2 rings (SSSR count). The van der Waals surface area contributed by atoms with Crippen molar-refractivity contribution in [2.45, 2.75) is 51.2 Å². The molecule has 2 heterocycles. The Balaban J connectivity index is 2.12. The fourth-order valence-electron chi connectivity index (χ4n) is 3.31. The second-order valence-corrected chi connectivity index (χ2v) is 5.91. The van der Waals surface area contributed by atoms with E-state index in [-0.39, 0.29) is 11.4 Å². The number of carbonyl (C=O) groups is 1. The lowest BCUT2D eigenvalue weighted by atomic mass is 10.0. The van der Waals surface area contributed by atoms with Crippen molar-refractivity contribution in [3.8, 4) is 0 Å². The van der Waals surface area contributed by atoms with Crippen LogP contribution in [-0.2, 0) is 4.79 Å². The number of piperazine rings is 1. The van der Waals surface area contributed by atoms with Crippen LogP contribution in [0.25, 0.3) is 0 Å². The molecule has 2 saturated heterocycles. The Labute approximate surface area is 98.1 Å². The van der Waals surface area contributed by atoms with Crippen molar-refractivity contribution in [3.63, 3.8) is 0 Å². The summed E-state index contributed by atoms with van der Waals surface area (Å²) >= 11 is 0. The van der Waals surface area contributed by atoms with Crippen LogP contribution < -0.4 is 0 Å². The minimum absolute atomic E-state index is 0.0884. The van der Waals surface area contributed by atoms with Crippen molar-refractivity contribution < 1.29 is 4.79 Å². The molecule has 2 bridgehead atoms. The van der Waals surface area contributed by atoms with Gasteiger partial charge in [-0.15, -0.1) is 0 Å². The molecule has 0 spiro atoms. The van der Waals surface area contributed by atoms with Crippen molar-refractivity contribution in [1.82, 2.24) is 9.80 Å². The molecule has 0 radical (unpaired) electrons. The van der Waals surface area contributed by atoms with Crippen LogP contribution in [0.5, 0.6) is 0 Å². The summed E-state index contributed by atoms with van der Waals surface area (Å²) < 4.78 is 0. The number of hydrogen-bond donors (Lipinski definition) is 0. The van der Waals surface area contributed by atoms with Gasteiger partial charge in [0.25, 0.3) is 0 Å². The minimum Gasteiger partial charge on any atom is -0.336 e. The highest BCUT2D eigenvalue weighted by molar-refractivity contribution is 5.87. The highest BCUT2D eigenvalue weighted by Gasteiger charge is 2.45. The Kier molecular flexibility index (Phi) is 2.82. The lowest BCUT2D eigenvalue weighted by Gasteiger charge is -2.47. The summed E-state index contributed by atoms with van der Waals surface area (Å²) in [7, 11) is 0. The van der Waals surface area contributed by atoms with Crippen LogP contribution in [-0.4, -0.2) is 46.4 Å². The fourth-order valence-corrected chi connectivity index (χ4v) is 3.31. The van der Waals surface area contributed by atoms with Crippen molar-refractivity contribution in [2.24, 2.45) is 0 Å². The second kappa shape index (κ2) is 3.88. The Bertz CT molecular complexity index is 292. The van der Waals surface area contributed by atoms with Crippen molar-refractivity contribution >= 4 is 5.91 Å². The Hall–Kier alpha value is -0.830. The molecule has 3 heteroatoms. The lowest BCUT2D eigenvalue weighted by Crippen LogP contribution is -2.60. The third-order valence-corrected chi connectivity index (χ3v) is 3.74. The monoisotopic (exact) mass is 222 g/mol. The average molecular weight is 222 g/mol. The average Bonchev–Trinajstić information content (AvgIpc) is 2.49. The van der Waals surface area contributed by atoms with E-state index in [1.807, 2.05) is 4.90 Å². The lowest BCUT2D eigenvalue weighted by molar-refractivity contribution is -0.130. The van der Waals surface area contributed by atoms with Gasteiger partial charge in [-0.1, -0.05) is 6.58 Å². The van der Waals surface area contributed by atoms with Crippen LogP contribution in [0, 0.1) is 0 Å². The van der Waals surface area contributed by atoms with Crippen LogP contribution in [0.15, 0.2) is 12.7 Å². The molecule has 0 aromatic heterocycles. The maximum absolute atomic E-state index is 11.6. The van der Waals surface area contributed by atoms with E-state index in [4.69, 9.17) is 0 Å². The van der Waals surface area contributed by atoms with Crippen LogP contribution in [0.3, 0.4) is 0 Å². The SMILES string of the molecule is C=CC(=O)N1CC2CCC(C1)N2C(C)(C)C. The Morgan fingerprint density at radius 3 is 2.12 bits per heavy atom. The van der Waals surface area contributed by atoms with Crippen molar-refractivity contribution in [1.29, 1.82) is 0 Å². The molecule has 0 N–H and O–H groups in total. The molecule has 0 aliphatic carbocycles. The smallest absolute Gasteiger partial charge is 0.246 e. The molecule has 2 unspecified atom stereocenters. The van der Waals surface area contributed by atoms with E-state index in [0.717, 1.165) is 13.1 Å². The third kappa shape index (κ3) is 1.88. The summed E-state index contributed by atoms with van der Waals surface area (Å²) in [5, 5.41) is 0. The van der Waals surface area contributed by atoms with E-state index >= 15 is 0 Å². The Morgan fingerprint density at radius 1 is 1.25 bits per heavy atom. The van der Waals surface area contributed by atoms with E-state index < -0.39 is 0 Å². The number of likely N-dealkylation sites (tertiary alicyclic amines) is 1. The third-order valence-electron chi connectivity index (χ3n) is 3.74. The first-order valence-corrected chi connectivity index (χ1v) is 6.13. The van der Waals surface area contributed by atoms with Gasteiger partial charge in [0.05, 0.1) is 0 Å². The molecular formula is C13H22N2O. The molecule has 16 heavy (non-hydrogen) atoms. The molecule has 2 atom stereocenters. The molecule has 0 aromatic carbocycles. The largest absolute Gasteiger partial charge is 0.336 e. The quantitative estimate of drug-likeness (QED) is 0.630. The van der Waals surface area contributed by atoms with Gasteiger partial charge < -0.3 is 4.90 Å². The van der Waals surface area contributed by atoms with Gasteiger partial charge >= 0.3 is 0 Å². The van der Waals surface area contributed by atoms with E-state index in [1.165, 1.54) is 18.9 Å². The van der Waals surface area contributed by atoms with Gasteiger partial charge in [0, 0.05) is 30.7 Å². The zero-order valence-corrected chi connectivity index (χ0v) is 10.6. The molecule has 1 amide bonds. The topological polar surface area (TPSA) is 23.6 Å². The standard InChI is InChI=1S/C13H22N2O/c1-5-12(16)14-8-10-6-7-11(9-14)15(10)13(2,3)4/h5,10-11H,1,6-9H2,2-4H3. The van der Waals surface area contributed by atoms with Gasteiger partial charge in [-0.25, -0.2) is 0 Å². The van der Waals surface area contributed by atoms with Gasteiger partial charge in [-0.05, 0) is 39.7 Å². The minimum atomic E-state index is 0.0884.